The zero-order chi connectivity index (χ0) is 13.5. The van der Waals surface area contributed by atoms with Crippen LogP contribution in [0.25, 0.3) is 0 Å². The Balaban J connectivity index is -0.0000000400. The summed E-state index contributed by atoms with van der Waals surface area (Å²) in [4.78, 5) is 0. The summed E-state index contributed by atoms with van der Waals surface area (Å²) in [6.45, 7) is 0. The van der Waals surface area contributed by atoms with Crippen LogP contribution >= 0.6 is 0 Å². The van der Waals surface area contributed by atoms with Crippen LogP contribution in [0.15, 0.2) is 0 Å². The third-order valence-corrected chi connectivity index (χ3v) is 0. The van der Waals surface area contributed by atoms with Gasteiger partial charge in [0, 0.05) is 62.5 Å². The van der Waals surface area contributed by atoms with E-state index in [2.05, 4.69) is 0 Å². The Morgan fingerprint density at radius 2 is 0.647 bits per heavy atom. The SMILES string of the molecule is O.O=S(=O)(O)O.O=S(=O)([O-])[O-].O=S(=O)([O-])[O-].[Ce]. The monoisotopic (exact) mass is 448 g/mol. The van der Waals surface area contributed by atoms with Gasteiger partial charge in [0.1, 0.15) is 0 Å². The van der Waals surface area contributed by atoms with Gasteiger partial charge < -0.3 is 23.7 Å². The van der Waals surface area contributed by atoms with E-state index in [0.717, 1.165) is 0 Å². The Morgan fingerprint density at radius 3 is 0.647 bits per heavy atom. The minimum atomic E-state index is -5.17. The van der Waals surface area contributed by atoms with Crippen LogP contribution in [0, 0.1) is 41.7 Å². The molecule has 0 aliphatic heterocycles. The molecule has 0 amide bonds. The summed E-state index contributed by atoms with van der Waals surface area (Å²) in [5.41, 5.74) is 0. The van der Waals surface area contributed by atoms with E-state index >= 15 is 0 Å². The molecule has 0 aromatic heterocycles. The molecule has 0 heterocycles. The molecule has 0 rings (SSSR count). The summed E-state index contributed by atoms with van der Waals surface area (Å²) in [7, 11) is -15.0. The normalized spacial score (nSPS) is 10.2. The van der Waals surface area contributed by atoms with Crippen molar-refractivity contribution in [1.82, 2.24) is 0 Å². The fourth-order valence-electron chi connectivity index (χ4n) is 0. The maximum atomic E-state index is 8.74. The van der Waals surface area contributed by atoms with Crippen LogP contribution in [0.2, 0.25) is 0 Å². The summed E-state index contributed by atoms with van der Waals surface area (Å²) in [6.07, 6.45) is 0. The number of rotatable bonds is 0. The largest absolute Gasteiger partial charge is 0.759 e. The van der Waals surface area contributed by atoms with Crippen molar-refractivity contribution in [3.8, 4) is 0 Å². The fraction of sp³-hybridized carbons (Fsp3) is 0. The van der Waals surface area contributed by atoms with Crippen molar-refractivity contribution in [2.24, 2.45) is 0 Å². The molecule has 0 radical (unpaired) electrons. The molecule has 0 bridgehead atoms. The van der Waals surface area contributed by atoms with Gasteiger partial charge in [0.15, 0.2) is 0 Å². The van der Waals surface area contributed by atoms with Gasteiger partial charge in [-0.3, -0.25) is 25.9 Å². The van der Waals surface area contributed by atoms with Gasteiger partial charge in [-0.2, -0.15) is 8.42 Å². The quantitative estimate of drug-likeness (QED) is 0.264. The van der Waals surface area contributed by atoms with Crippen LogP contribution in [0.5, 0.6) is 0 Å². The van der Waals surface area contributed by atoms with Crippen molar-refractivity contribution in [3.05, 3.63) is 0 Å². The molecular weight excluding hydrogens is 444 g/mol. The van der Waals surface area contributed by atoms with Crippen LogP contribution in [0.4, 0.5) is 0 Å². The minimum absolute atomic E-state index is 0. The Hall–Kier alpha value is 0.947. The summed E-state index contributed by atoms with van der Waals surface area (Å²) in [6, 6.07) is 0. The molecule has 0 spiro atoms. The van der Waals surface area contributed by atoms with Crippen molar-refractivity contribution in [3.63, 3.8) is 0 Å². The van der Waals surface area contributed by atoms with E-state index in [1.807, 2.05) is 0 Å². The molecule has 0 aliphatic carbocycles. The van der Waals surface area contributed by atoms with E-state index in [9.17, 15) is 0 Å². The smallest absolute Gasteiger partial charge is 0.394 e. The van der Waals surface area contributed by atoms with E-state index in [-0.39, 0.29) is 47.2 Å². The summed E-state index contributed by atoms with van der Waals surface area (Å²) >= 11 is 0. The molecule has 0 aliphatic rings. The van der Waals surface area contributed by atoms with Crippen molar-refractivity contribution >= 4 is 31.2 Å². The third kappa shape index (κ3) is 4220. The van der Waals surface area contributed by atoms with Crippen molar-refractivity contribution in [2.75, 3.05) is 0 Å². The molecular formula is H4CeO13S3-4. The second kappa shape index (κ2) is 12.0. The molecule has 0 saturated heterocycles. The van der Waals surface area contributed by atoms with Crippen LogP contribution in [0.3, 0.4) is 0 Å². The predicted molar refractivity (Wildman–Crippen MR) is 38.7 cm³/mol. The van der Waals surface area contributed by atoms with Gasteiger partial charge in [0.25, 0.3) is 0 Å². The molecule has 0 fully saturated rings. The fourth-order valence-corrected chi connectivity index (χ4v) is 0. The molecule has 0 unspecified atom stereocenters. The van der Waals surface area contributed by atoms with E-state index in [1.54, 1.807) is 0 Å². The average Bonchev–Trinajstić information content (AvgIpc) is 1.41. The standard InChI is InChI=1S/Ce.3H2O4S.H2O/c;3*1-5(2,3)4;/h;3*(H2,1,2,3,4);1H2/p-4. The van der Waals surface area contributed by atoms with Gasteiger partial charge >= 0.3 is 10.4 Å². The van der Waals surface area contributed by atoms with Crippen LogP contribution < -0.4 is 0 Å². The number of hydrogen-bond acceptors (Lipinski definition) is 10. The van der Waals surface area contributed by atoms with Gasteiger partial charge in [-0.25, -0.2) is 0 Å². The Bertz CT molecular complexity index is 338. The molecule has 0 aromatic carbocycles. The van der Waals surface area contributed by atoms with Gasteiger partial charge in [0.2, 0.25) is 0 Å². The molecule has 4 N–H and O–H groups in total. The predicted octanol–water partition coefficient (Wildman–Crippen LogP) is -4.15. The molecule has 108 valence electrons. The van der Waals surface area contributed by atoms with Gasteiger partial charge in [-0.15, -0.1) is 0 Å². The van der Waals surface area contributed by atoms with Crippen molar-refractivity contribution in [2.45, 2.75) is 0 Å². The first-order valence-electron chi connectivity index (χ1n) is 2.03. The average molecular weight is 448 g/mol. The topological polar surface area (TPSA) is 267 Å². The van der Waals surface area contributed by atoms with Gasteiger partial charge in [-0.05, 0) is 0 Å². The van der Waals surface area contributed by atoms with E-state index in [4.69, 9.17) is 52.6 Å². The second-order valence-corrected chi connectivity index (χ2v) is 3.79. The summed E-state index contributed by atoms with van der Waals surface area (Å²) < 4.78 is 99.7. The summed E-state index contributed by atoms with van der Waals surface area (Å²) in [5.74, 6) is 0. The molecule has 17 heteroatoms. The zero-order valence-electron chi connectivity index (χ0n) is 7.20. The minimum Gasteiger partial charge on any atom is -0.759 e. The Kier molecular flexibility index (Phi) is 21.7. The van der Waals surface area contributed by atoms with E-state index < -0.39 is 31.2 Å². The van der Waals surface area contributed by atoms with Crippen molar-refractivity contribution in [1.29, 1.82) is 0 Å². The maximum absolute atomic E-state index is 8.74. The first-order valence-corrected chi connectivity index (χ1v) is 6.10. The molecule has 13 nitrogen and oxygen atoms in total. The van der Waals surface area contributed by atoms with Crippen LogP contribution in [-0.2, 0) is 31.2 Å². The Labute approximate surface area is 130 Å². The van der Waals surface area contributed by atoms with Gasteiger partial charge in [-0.1, -0.05) is 0 Å². The number of hydrogen-bond donors (Lipinski definition) is 2. The second-order valence-electron chi connectivity index (χ2n) is 1.26. The Morgan fingerprint density at radius 1 is 0.647 bits per heavy atom. The van der Waals surface area contributed by atoms with E-state index in [0.29, 0.717) is 0 Å². The molecule has 0 aromatic rings. The van der Waals surface area contributed by atoms with Crippen LogP contribution in [-0.4, -0.2) is 58.0 Å². The van der Waals surface area contributed by atoms with Gasteiger partial charge in [0.05, 0.1) is 0 Å². The molecule has 0 atom stereocenters. The maximum Gasteiger partial charge on any atom is 0.394 e. The van der Waals surface area contributed by atoms with Crippen LogP contribution in [0.1, 0.15) is 0 Å². The first-order chi connectivity index (χ1) is 6.00. The zero-order valence-corrected chi connectivity index (χ0v) is 12.8. The molecule has 17 heavy (non-hydrogen) atoms. The van der Waals surface area contributed by atoms with E-state index in [1.165, 1.54) is 0 Å². The third-order valence-electron chi connectivity index (χ3n) is 0. The first kappa shape index (κ1) is 30.7. The molecule has 0 saturated carbocycles. The summed E-state index contributed by atoms with van der Waals surface area (Å²) in [5, 5.41) is 0. The van der Waals surface area contributed by atoms with Crippen molar-refractivity contribution < 1.29 is 99.8 Å².